The third-order valence-electron chi connectivity index (χ3n) is 6.18. The highest BCUT2D eigenvalue weighted by Gasteiger charge is 2.31. The summed E-state index contributed by atoms with van der Waals surface area (Å²) in [6, 6.07) is 15.9. The highest BCUT2D eigenvalue weighted by atomic mass is 16.6. The molecule has 5 rings (SSSR count). The van der Waals surface area contributed by atoms with E-state index in [1.807, 2.05) is 47.1 Å². The van der Waals surface area contributed by atoms with Crippen LogP contribution >= 0.6 is 0 Å². The standard InChI is InChI=1S/C25H22N4O5/c1-26-23-20(24(30)27(2)25(26)31)21(17-9-6-10-18(15-17)29(32)33)28-13-14-34-19(22(23)28)12-11-16-7-4-3-5-8-16/h3-12,15,19H,13-14H2,1-2H3. The quantitative estimate of drug-likeness (QED) is 0.345. The van der Waals surface area contributed by atoms with Crippen LogP contribution in [0.4, 0.5) is 5.69 Å². The van der Waals surface area contributed by atoms with E-state index >= 15 is 0 Å². The second-order valence-corrected chi connectivity index (χ2v) is 8.18. The number of aromatic nitrogens is 3. The molecular formula is C25H22N4O5. The van der Waals surface area contributed by atoms with Gasteiger partial charge in [0.2, 0.25) is 0 Å². The molecule has 9 nitrogen and oxygen atoms in total. The first-order valence-corrected chi connectivity index (χ1v) is 10.8. The average molecular weight is 458 g/mol. The van der Waals surface area contributed by atoms with Crippen molar-refractivity contribution < 1.29 is 9.66 Å². The fraction of sp³-hybridized carbons (Fsp3) is 0.200. The maximum absolute atomic E-state index is 13.4. The molecule has 0 N–H and O–H groups in total. The number of nitro benzene ring substituents is 1. The van der Waals surface area contributed by atoms with Gasteiger partial charge in [0.05, 0.1) is 33.8 Å². The Morgan fingerprint density at radius 1 is 1.06 bits per heavy atom. The summed E-state index contributed by atoms with van der Waals surface area (Å²) in [5.74, 6) is 0. The average Bonchev–Trinajstić information content (AvgIpc) is 3.21. The van der Waals surface area contributed by atoms with Gasteiger partial charge in [-0.15, -0.1) is 0 Å². The Morgan fingerprint density at radius 2 is 1.82 bits per heavy atom. The third-order valence-corrected chi connectivity index (χ3v) is 6.18. The summed E-state index contributed by atoms with van der Waals surface area (Å²) in [6.07, 6.45) is 3.33. The van der Waals surface area contributed by atoms with E-state index in [0.29, 0.717) is 41.0 Å². The SMILES string of the molecule is Cn1c(=O)c2c(-c3cccc([N+](=O)[O-])c3)n3c(c2n(C)c1=O)C(C=Cc1ccccc1)OCC3. The fourth-order valence-corrected chi connectivity index (χ4v) is 4.59. The number of fused-ring (bicyclic) bond motifs is 3. The molecule has 9 heteroatoms. The second-order valence-electron chi connectivity index (χ2n) is 8.18. The number of rotatable bonds is 4. The van der Waals surface area contributed by atoms with Crippen LogP contribution in [-0.2, 0) is 25.4 Å². The van der Waals surface area contributed by atoms with E-state index in [9.17, 15) is 19.7 Å². The number of benzene rings is 2. The number of hydrogen-bond acceptors (Lipinski definition) is 5. The smallest absolute Gasteiger partial charge is 0.331 e. The van der Waals surface area contributed by atoms with Gasteiger partial charge in [-0.05, 0) is 11.6 Å². The van der Waals surface area contributed by atoms with Crippen LogP contribution in [0.15, 0.2) is 70.3 Å². The molecular weight excluding hydrogens is 436 g/mol. The Morgan fingerprint density at radius 3 is 2.56 bits per heavy atom. The second kappa shape index (κ2) is 8.27. The van der Waals surface area contributed by atoms with E-state index in [1.165, 1.54) is 23.7 Å². The van der Waals surface area contributed by atoms with Crippen LogP contribution < -0.4 is 11.2 Å². The monoisotopic (exact) mass is 458 g/mol. The van der Waals surface area contributed by atoms with E-state index in [0.717, 1.165) is 10.1 Å². The van der Waals surface area contributed by atoms with Gasteiger partial charge in [-0.2, -0.15) is 0 Å². The molecule has 0 fully saturated rings. The van der Waals surface area contributed by atoms with Crippen molar-refractivity contribution in [3.63, 3.8) is 0 Å². The fourth-order valence-electron chi connectivity index (χ4n) is 4.59. The number of non-ortho nitro benzene ring substituents is 1. The van der Waals surface area contributed by atoms with Crippen molar-refractivity contribution in [3.8, 4) is 11.3 Å². The van der Waals surface area contributed by atoms with E-state index in [4.69, 9.17) is 4.74 Å². The zero-order valence-electron chi connectivity index (χ0n) is 18.7. The molecule has 34 heavy (non-hydrogen) atoms. The van der Waals surface area contributed by atoms with Crippen LogP contribution in [0.2, 0.25) is 0 Å². The molecule has 0 saturated carbocycles. The molecule has 1 aliphatic heterocycles. The lowest BCUT2D eigenvalue weighted by Gasteiger charge is -2.25. The van der Waals surface area contributed by atoms with Crippen LogP contribution in [0.1, 0.15) is 17.4 Å². The molecule has 2 aromatic carbocycles. The van der Waals surface area contributed by atoms with E-state index < -0.39 is 22.3 Å². The Kier molecular flexibility index (Phi) is 5.25. The van der Waals surface area contributed by atoms with Gasteiger partial charge in [-0.25, -0.2) is 4.79 Å². The molecule has 1 atom stereocenters. The molecule has 0 spiro atoms. The van der Waals surface area contributed by atoms with Gasteiger partial charge in [0.15, 0.2) is 0 Å². The number of nitrogens with zero attached hydrogens (tertiary/aromatic N) is 4. The lowest BCUT2D eigenvalue weighted by Crippen LogP contribution is -2.37. The van der Waals surface area contributed by atoms with E-state index in [2.05, 4.69) is 0 Å². The maximum Gasteiger partial charge on any atom is 0.331 e. The van der Waals surface area contributed by atoms with Crippen LogP contribution in [0, 0.1) is 10.1 Å². The molecule has 0 radical (unpaired) electrons. The predicted octanol–water partition coefficient (Wildman–Crippen LogP) is 3.40. The Balaban J connectivity index is 1.83. The number of ether oxygens (including phenoxy) is 1. The van der Waals surface area contributed by atoms with Gasteiger partial charge in [0.1, 0.15) is 6.10 Å². The van der Waals surface area contributed by atoms with Crippen LogP contribution in [0.25, 0.3) is 28.2 Å². The van der Waals surface area contributed by atoms with Gasteiger partial charge in [-0.1, -0.05) is 48.5 Å². The minimum absolute atomic E-state index is 0.0737. The van der Waals surface area contributed by atoms with Crippen LogP contribution in [0.3, 0.4) is 0 Å². The topological polar surface area (TPSA) is 101 Å². The molecule has 0 aliphatic carbocycles. The Bertz CT molecular complexity index is 1580. The summed E-state index contributed by atoms with van der Waals surface area (Å²) in [5.41, 5.74) is 2.24. The first-order chi connectivity index (χ1) is 16.4. The predicted molar refractivity (Wildman–Crippen MR) is 129 cm³/mol. The first kappa shape index (κ1) is 21.6. The highest BCUT2D eigenvalue weighted by molar-refractivity contribution is 5.96. The minimum Gasteiger partial charge on any atom is -0.366 e. The van der Waals surface area contributed by atoms with Gasteiger partial charge in [-0.3, -0.25) is 24.0 Å². The van der Waals surface area contributed by atoms with E-state index in [1.54, 1.807) is 19.2 Å². The first-order valence-electron chi connectivity index (χ1n) is 10.8. The summed E-state index contributed by atoms with van der Waals surface area (Å²) >= 11 is 0. The maximum atomic E-state index is 13.4. The Labute approximate surface area is 193 Å². The largest absolute Gasteiger partial charge is 0.366 e. The van der Waals surface area contributed by atoms with Crippen molar-refractivity contribution in [2.24, 2.45) is 14.1 Å². The third kappa shape index (κ3) is 3.37. The number of hydrogen-bond donors (Lipinski definition) is 0. The summed E-state index contributed by atoms with van der Waals surface area (Å²) < 4.78 is 10.5. The van der Waals surface area contributed by atoms with Gasteiger partial charge in [0, 0.05) is 38.3 Å². The summed E-state index contributed by atoms with van der Waals surface area (Å²) in [5, 5.41) is 11.8. The van der Waals surface area contributed by atoms with Crippen molar-refractivity contribution in [1.29, 1.82) is 0 Å². The van der Waals surface area contributed by atoms with Gasteiger partial charge < -0.3 is 9.30 Å². The van der Waals surface area contributed by atoms with Crippen molar-refractivity contribution >= 4 is 22.7 Å². The van der Waals surface area contributed by atoms with Crippen molar-refractivity contribution in [2.45, 2.75) is 12.6 Å². The summed E-state index contributed by atoms with van der Waals surface area (Å²) in [7, 11) is 3.05. The van der Waals surface area contributed by atoms with Crippen LogP contribution in [-0.4, -0.2) is 25.2 Å². The molecule has 3 heterocycles. The minimum atomic E-state index is -0.512. The molecule has 0 saturated heterocycles. The van der Waals surface area contributed by atoms with E-state index in [-0.39, 0.29) is 5.69 Å². The van der Waals surface area contributed by atoms with Crippen molar-refractivity contribution in [2.75, 3.05) is 6.61 Å². The number of aryl methyl sites for hydroxylation is 1. The van der Waals surface area contributed by atoms with Crippen molar-refractivity contribution in [1.82, 2.24) is 13.7 Å². The molecule has 0 amide bonds. The lowest BCUT2D eigenvalue weighted by atomic mass is 10.1. The molecule has 1 aliphatic rings. The highest BCUT2D eigenvalue weighted by Crippen LogP contribution is 2.39. The molecule has 4 aromatic rings. The lowest BCUT2D eigenvalue weighted by molar-refractivity contribution is -0.384. The molecule has 2 aromatic heterocycles. The normalized spacial score (nSPS) is 15.6. The van der Waals surface area contributed by atoms with Gasteiger partial charge >= 0.3 is 5.69 Å². The van der Waals surface area contributed by atoms with Crippen LogP contribution in [0.5, 0.6) is 0 Å². The molecule has 172 valence electrons. The Hall–Kier alpha value is -4.24. The molecule has 0 bridgehead atoms. The van der Waals surface area contributed by atoms with Crippen molar-refractivity contribution in [3.05, 3.63) is 103 Å². The molecule has 1 unspecified atom stereocenters. The summed E-state index contributed by atoms with van der Waals surface area (Å²) in [4.78, 5) is 37.2. The van der Waals surface area contributed by atoms with Gasteiger partial charge in [0.25, 0.3) is 11.2 Å². The number of nitro groups is 1. The zero-order valence-corrected chi connectivity index (χ0v) is 18.7. The zero-order chi connectivity index (χ0) is 24.0. The summed E-state index contributed by atoms with van der Waals surface area (Å²) in [6.45, 7) is 0.822.